The number of rotatable bonds is 3. The third-order valence-corrected chi connectivity index (χ3v) is 2.61. The highest BCUT2D eigenvalue weighted by molar-refractivity contribution is 5.76. The lowest BCUT2D eigenvalue weighted by Gasteiger charge is -2.04. The number of carbonyl (C=O) groups is 1. The number of nitrogens with zero attached hydrogens (tertiary/aromatic N) is 3. The van der Waals surface area contributed by atoms with Crippen LogP contribution in [0.2, 0.25) is 0 Å². The molecule has 2 rings (SSSR count). The summed E-state index contributed by atoms with van der Waals surface area (Å²) in [6, 6.07) is 3.73. The molecule has 17 heavy (non-hydrogen) atoms. The molecule has 0 amide bonds. The minimum atomic E-state index is -0.863. The Hall–Kier alpha value is -2.17. The predicted octanol–water partition coefficient (Wildman–Crippen LogP) is 1.42. The normalized spacial score (nSPS) is 10.5. The van der Waals surface area contributed by atoms with Crippen LogP contribution in [0.4, 0.5) is 0 Å². The molecule has 0 saturated heterocycles. The van der Waals surface area contributed by atoms with Crippen molar-refractivity contribution >= 4 is 5.97 Å². The van der Waals surface area contributed by atoms with Crippen LogP contribution in [0, 0.1) is 6.92 Å². The van der Waals surface area contributed by atoms with E-state index >= 15 is 0 Å². The van der Waals surface area contributed by atoms with Gasteiger partial charge in [-0.1, -0.05) is 6.07 Å². The predicted molar refractivity (Wildman–Crippen MR) is 62.5 cm³/mol. The van der Waals surface area contributed by atoms with Gasteiger partial charge in [-0.05, 0) is 13.0 Å². The highest BCUT2D eigenvalue weighted by Crippen LogP contribution is 2.26. The molecule has 0 unspecified atom stereocenters. The van der Waals surface area contributed by atoms with Crippen molar-refractivity contribution in [2.24, 2.45) is 7.05 Å². The van der Waals surface area contributed by atoms with Gasteiger partial charge in [-0.3, -0.25) is 14.5 Å². The van der Waals surface area contributed by atoms with Gasteiger partial charge in [0, 0.05) is 30.6 Å². The van der Waals surface area contributed by atoms with Gasteiger partial charge < -0.3 is 5.11 Å². The van der Waals surface area contributed by atoms with Gasteiger partial charge in [-0.25, -0.2) is 0 Å². The molecule has 1 N–H and O–H groups in total. The minimum Gasteiger partial charge on any atom is -0.481 e. The van der Waals surface area contributed by atoms with Crippen molar-refractivity contribution in [1.82, 2.24) is 14.8 Å². The summed E-state index contributed by atoms with van der Waals surface area (Å²) in [6.45, 7) is 1.87. The highest BCUT2D eigenvalue weighted by Gasteiger charge is 2.17. The smallest absolute Gasteiger partial charge is 0.309 e. The standard InChI is InChI=1S/C12H13N3O2/c1-8-12(9-4-3-5-13-7-9)10(6-11(16)17)15(2)14-8/h3-5,7H,6H2,1-2H3,(H,16,17). The third-order valence-electron chi connectivity index (χ3n) is 2.61. The summed E-state index contributed by atoms with van der Waals surface area (Å²) in [5.41, 5.74) is 3.28. The lowest BCUT2D eigenvalue weighted by atomic mass is 10.0. The van der Waals surface area contributed by atoms with Crippen molar-refractivity contribution in [3.8, 4) is 11.1 Å². The maximum atomic E-state index is 10.9. The molecule has 0 bridgehead atoms. The van der Waals surface area contributed by atoms with Gasteiger partial charge in [0.25, 0.3) is 0 Å². The third kappa shape index (κ3) is 2.18. The molecule has 0 atom stereocenters. The number of carboxylic acids is 1. The fourth-order valence-electron chi connectivity index (χ4n) is 1.94. The molecular weight excluding hydrogens is 218 g/mol. The van der Waals surface area contributed by atoms with Crippen molar-refractivity contribution in [2.75, 3.05) is 0 Å². The van der Waals surface area contributed by atoms with Crippen LogP contribution < -0.4 is 0 Å². The molecule has 0 aliphatic rings. The van der Waals surface area contributed by atoms with Crippen LogP contribution in [0.3, 0.4) is 0 Å². The Labute approximate surface area is 98.7 Å². The molecule has 0 spiro atoms. The van der Waals surface area contributed by atoms with E-state index < -0.39 is 5.97 Å². The summed E-state index contributed by atoms with van der Waals surface area (Å²) in [4.78, 5) is 14.9. The highest BCUT2D eigenvalue weighted by atomic mass is 16.4. The molecule has 0 fully saturated rings. The van der Waals surface area contributed by atoms with Crippen molar-refractivity contribution in [3.05, 3.63) is 35.9 Å². The Morgan fingerprint density at radius 2 is 2.29 bits per heavy atom. The summed E-state index contributed by atoms with van der Waals surface area (Å²) in [5.74, 6) is -0.863. The van der Waals surface area contributed by atoms with Gasteiger partial charge in [0.2, 0.25) is 0 Å². The van der Waals surface area contributed by atoms with E-state index in [0.717, 1.165) is 16.8 Å². The summed E-state index contributed by atoms with van der Waals surface area (Å²) in [5, 5.41) is 13.2. The lowest BCUT2D eigenvalue weighted by molar-refractivity contribution is -0.136. The zero-order chi connectivity index (χ0) is 12.4. The fraction of sp³-hybridized carbons (Fsp3) is 0.250. The Morgan fingerprint density at radius 1 is 1.53 bits per heavy atom. The van der Waals surface area contributed by atoms with Crippen molar-refractivity contribution in [3.63, 3.8) is 0 Å². The van der Waals surface area contributed by atoms with E-state index in [-0.39, 0.29) is 6.42 Å². The number of aryl methyl sites for hydroxylation is 2. The van der Waals surface area contributed by atoms with Crippen molar-refractivity contribution in [2.45, 2.75) is 13.3 Å². The first kappa shape index (κ1) is 11.3. The molecule has 2 aromatic rings. The molecule has 0 aliphatic carbocycles. The number of carboxylic acid groups (broad SMARTS) is 1. The van der Waals surface area contributed by atoms with E-state index in [0.29, 0.717) is 5.69 Å². The second-order valence-electron chi connectivity index (χ2n) is 3.84. The summed E-state index contributed by atoms with van der Waals surface area (Å²) in [7, 11) is 1.76. The SMILES string of the molecule is Cc1nn(C)c(CC(=O)O)c1-c1cccnc1. The van der Waals surface area contributed by atoms with Gasteiger partial charge >= 0.3 is 5.97 Å². The summed E-state index contributed by atoms with van der Waals surface area (Å²) < 4.78 is 1.62. The van der Waals surface area contributed by atoms with E-state index in [1.807, 2.05) is 19.1 Å². The van der Waals surface area contributed by atoms with E-state index in [1.54, 1.807) is 24.1 Å². The largest absolute Gasteiger partial charge is 0.481 e. The molecule has 88 valence electrons. The van der Waals surface area contributed by atoms with E-state index in [4.69, 9.17) is 5.11 Å². The Balaban J connectivity index is 2.56. The van der Waals surface area contributed by atoms with Crippen LogP contribution >= 0.6 is 0 Å². The molecular formula is C12H13N3O2. The van der Waals surface area contributed by atoms with E-state index in [9.17, 15) is 4.79 Å². The topological polar surface area (TPSA) is 68.0 Å². The Bertz CT molecular complexity index is 546. The second kappa shape index (κ2) is 4.37. The van der Waals surface area contributed by atoms with Gasteiger partial charge in [-0.15, -0.1) is 0 Å². The average molecular weight is 231 g/mol. The Kier molecular flexibility index (Phi) is 2.91. The average Bonchev–Trinajstić information content (AvgIpc) is 2.54. The molecule has 0 aliphatic heterocycles. The Morgan fingerprint density at radius 3 is 2.88 bits per heavy atom. The zero-order valence-corrected chi connectivity index (χ0v) is 9.71. The molecule has 5 heteroatoms. The van der Waals surface area contributed by atoms with Gasteiger partial charge in [0.05, 0.1) is 17.8 Å². The molecule has 5 nitrogen and oxygen atoms in total. The summed E-state index contributed by atoms with van der Waals surface area (Å²) in [6.07, 6.45) is 3.36. The molecule has 2 aromatic heterocycles. The van der Waals surface area contributed by atoms with Gasteiger partial charge in [-0.2, -0.15) is 5.10 Å². The van der Waals surface area contributed by atoms with Crippen LogP contribution in [-0.2, 0) is 18.3 Å². The quantitative estimate of drug-likeness (QED) is 0.867. The van der Waals surface area contributed by atoms with Crippen molar-refractivity contribution < 1.29 is 9.90 Å². The first-order chi connectivity index (χ1) is 8.09. The van der Waals surface area contributed by atoms with Crippen molar-refractivity contribution in [1.29, 1.82) is 0 Å². The van der Waals surface area contributed by atoms with Gasteiger partial charge in [0.1, 0.15) is 0 Å². The molecule has 0 aromatic carbocycles. The first-order valence-corrected chi connectivity index (χ1v) is 5.24. The van der Waals surface area contributed by atoms with Crippen LogP contribution in [0.25, 0.3) is 11.1 Å². The second-order valence-corrected chi connectivity index (χ2v) is 3.84. The maximum absolute atomic E-state index is 10.9. The van der Waals surface area contributed by atoms with E-state index in [2.05, 4.69) is 10.1 Å². The monoisotopic (exact) mass is 231 g/mol. The molecule has 2 heterocycles. The van der Waals surface area contributed by atoms with Crippen LogP contribution in [-0.4, -0.2) is 25.8 Å². The number of hydrogen-bond donors (Lipinski definition) is 1. The number of aliphatic carboxylic acids is 1. The zero-order valence-electron chi connectivity index (χ0n) is 9.71. The van der Waals surface area contributed by atoms with Crippen LogP contribution in [0.5, 0.6) is 0 Å². The summed E-state index contributed by atoms with van der Waals surface area (Å²) >= 11 is 0. The van der Waals surface area contributed by atoms with Crippen LogP contribution in [0.1, 0.15) is 11.4 Å². The number of aromatic nitrogens is 3. The minimum absolute atomic E-state index is 0.0401. The van der Waals surface area contributed by atoms with Crippen LogP contribution in [0.15, 0.2) is 24.5 Å². The first-order valence-electron chi connectivity index (χ1n) is 5.24. The molecule has 0 radical (unpaired) electrons. The number of hydrogen-bond acceptors (Lipinski definition) is 3. The molecule has 0 saturated carbocycles. The maximum Gasteiger partial charge on any atom is 0.309 e. The fourth-order valence-corrected chi connectivity index (χ4v) is 1.94. The lowest BCUT2D eigenvalue weighted by Crippen LogP contribution is -2.07. The van der Waals surface area contributed by atoms with Gasteiger partial charge in [0.15, 0.2) is 0 Å². The number of pyridine rings is 1. The van der Waals surface area contributed by atoms with E-state index in [1.165, 1.54) is 0 Å².